The van der Waals surface area contributed by atoms with Gasteiger partial charge in [0.15, 0.2) is 0 Å². The molecule has 5 nitrogen and oxygen atoms in total. The van der Waals surface area contributed by atoms with Crippen LogP contribution in [-0.2, 0) is 10.0 Å². The van der Waals surface area contributed by atoms with Gasteiger partial charge in [0.05, 0.1) is 5.25 Å². The standard InChI is InChI=1S/C10H14ClN3O2S/c11-9-6-10(13-7-12-9)14-17(15,16)8-4-2-1-3-5-8/h6-8H,1-5H2,(H,12,13,14). The van der Waals surface area contributed by atoms with Gasteiger partial charge in [-0.3, -0.25) is 4.72 Å². The number of nitrogens with zero attached hydrogens (tertiary/aromatic N) is 2. The highest BCUT2D eigenvalue weighted by atomic mass is 35.5. The second-order valence-corrected chi connectivity index (χ2v) is 6.48. The molecule has 1 heterocycles. The Morgan fingerprint density at radius 1 is 1.24 bits per heavy atom. The number of sulfonamides is 1. The van der Waals surface area contributed by atoms with E-state index in [2.05, 4.69) is 14.7 Å². The van der Waals surface area contributed by atoms with Crippen LogP contribution in [0.2, 0.25) is 5.15 Å². The van der Waals surface area contributed by atoms with Crippen LogP contribution in [0.5, 0.6) is 0 Å². The third kappa shape index (κ3) is 3.29. The zero-order valence-corrected chi connectivity index (χ0v) is 10.8. The summed E-state index contributed by atoms with van der Waals surface area (Å²) in [5, 5.41) is -0.0914. The smallest absolute Gasteiger partial charge is 0.236 e. The summed E-state index contributed by atoms with van der Waals surface area (Å²) in [6.45, 7) is 0. The van der Waals surface area contributed by atoms with E-state index in [4.69, 9.17) is 11.6 Å². The van der Waals surface area contributed by atoms with E-state index >= 15 is 0 Å². The van der Waals surface area contributed by atoms with E-state index in [0.717, 1.165) is 19.3 Å². The topological polar surface area (TPSA) is 72.0 Å². The average Bonchev–Trinajstić information content (AvgIpc) is 2.29. The Kier molecular flexibility index (Phi) is 3.83. The maximum Gasteiger partial charge on any atom is 0.236 e. The lowest BCUT2D eigenvalue weighted by Gasteiger charge is -2.21. The summed E-state index contributed by atoms with van der Waals surface area (Å²) < 4.78 is 26.6. The Bertz CT molecular complexity index is 486. The highest BCUT2D eigenvalue weighted by Crippen LogP contribution is 2.25. The van der Waals surface area contributed by atoms with Crippen LogP contribution >= 0.6 is 11.6 Å². The van der Waals surface area contributed by atoms with Gasteiger partial charge in [0.1, 0.15) is 17.3 Å². The van der Waals surface area contributed by atoms with Crippen molar-refractivity contribution >= 4 is 27.4 Å². The summed E-state index contributed by atoms with van der Waals surface area (Å²) >= 11 is 5.67. The Morgan fingerprint density at radius 2 is 1.94 bits per heavy atom. The largest absolute Gasteiger partial charge is 0.267 e. The highest BCUT2D eigenvalue weighted by Gasteiger charge is 2.27. The molecule has 1 aromatic rings. The molecule has 0 aliphatic heterocycles. The second-order valence-electron chi connectivity index (χ2n) is 4.13. The van der Waals surface area contributed by atoms with Crippen LogP contribution in [0, 0.1) is 0 Å². The molecule has 0 saturated heterocycles. The SMILES string of the molecule is O=S(=O)(Nc1cc(Cl)ncn1)C1CCCCC1. The predicted octanol–water partition coefficient (Wildman–Crippen LogP) is 2.20. The highest BCUT2D eigenvalue weighted by molar-refractivity contribution is 7.93. The molecule has 0 atom stereocenters. The molecule has 1 aromatic heterocycles. The second kappa shape index (κ2) is 5.18. The molecule has 17 heavy (non-hydrogen) atoms. The third-order valence-electron chi connectivity index (χ3n) is 2.87. The van der Waals surface area contributed by atoms with Gasteiger partial charge >= 0.3 is 0 Å². The normalized spacial score (nSPS) is 17.9. The van der Waals surface area contributed by atoms with E-state index in [-0.39, 0.29) is 16.2 Å². The van der Waals surface area contributed by atoms with Gasteiger partial charge in [0.2, 0.25) is 10.0 Å². The summed E-state index contributed by atoms with van der Waals surface area (Å²) in [7, 11) is -3.35. The van der Waals surface area contributed by atoms with Crippen molar-refractivity contribution in [1.82, 2.24) is 9.97 Å². The fraction of sp³-hybridized carbons (Fsp3) is 0.600. The molecule has 1 N–H and O–H groups in total. The van der Waals surface area contributed by atoms with Gasteiger partial charge in [-0.15, -0.1) is 0 Å². The van der Waals surface area contributed by atoms with E-state index in [1.165, 1.54) is 12.4 Å². The van der Waals surface area contributed by atoms with Crippen LogP contribution in [0.4, 0.5) is 5.82 Å². The van der Waals surface area contributed by atoms with Crippen molar-refractivity contribution in [3.63, 3.8) is 0 Å². The molecule has 1 aliphatic carbocycles. The van der Waals surface area contributed by atoms with E-state index in [1.807, 2.05) is 0 Å². The molecule has 1 aliphatic rings. The molecule has 0 spiro atoms. The molecule has 0 radical (unpaired) electrons. The molecule has 1 saturated carbocycles. The fourth-order valence-electron chi connectivity index (χ4n) is 1.99. The number of halogens is 1. The summed E-state index contributed by atoms with van der Waals surface area (Å²) in [6.07, 6.45) is 5.72. The lowest BCUT2D eigenvalue weighted by Crippen LogP contribution is -2.30. The van der Waals surface area contributed by atoms with Gasteiger partial charge in [0.25, 0.3) is 0 Å². The number of hydrogen-bond acceptors (Lipinski definition) is 4. The van der Waals surface area contributed by atoms with Crippen molar-refractivity contribution in [2.45, 2.75) is 37.4 Å². The first-order valence-corrected chi connectivity index (χ1v) is 7.49. The minimum atomic E-state index is -3.35. The Balaban J connectivity index is 2.11. The summed E-state index contributed by atoms with van der Waals surface area (Å²) in [5.74, 6) is 0.232. The number of hydrogen-bond donors (Lipinski definition) is 1. The Hall–Kier alpha value is -0.880. The molecular weight excluding hydrogens is 262 g/mol. The summed E-state index contributed by atoms with van der Waals surface area (Å²) in [4.78, 5) is 7.54. The molecular formula is C10H14ClN3O2S. The number of anilines is 1. The van der Waals surface area contributed by atoms with Crippen LogP contribution in [0.1, 0.15) is 32.1 Å². The first kappa shape index (κ1) is 12.6. The monoisotopic (exact) mass is 275 g/mol. The molecule has 7 heteroatoms. The van der Waals surface area contributed by atoms with E-state index in [1.54, 1.807) is 0 Å². The van der Waals surface area contributed by atoms with Crippen LogP contribution < -0.4 is 4.72 Å². The zero-order chi connectivity index (χ0) is 12.3. The average molecular weight is 276 g/mol. The van der Waals surface area contributed by atoms with E-state index in [0.29, 0.717) is 12.8 Å². The lowest BCUT2D eigenvalue weighted by molar-refractivity contribution is 0.486. The van der Waals surface area contributed by atoms with Gasteiger partial charge in [-0.2, -0.15) is 0 Å². The van der Waals surface area contributed by atoms with Crippen molar-refractivity contribution in [3.05, 3.63) is 17.5 Å². The first-order valence-electron chi connectivity index (χ1n) is 5.57. The van der Waals surface area contributed by atoms with Crippen LogP contribution in [-0.4, -0.2) is 23.6 Å². The minimum Gasteiger partial charge on any atom is -0.267 e. The van der Waals surface area contributed by atoms with Crippen molar-refractivity contribution in [3.8, 4) is 0 Å². The molecule has 1 fully saturated rings. The van der Waals surface area contributed by atoms with Crippen molar-refractivity contribution in [2.24, 2.45) is 0 Å². The summed E-state index contributed by atoms with van der Waals surface area (Å²) in [5.41, 5.74) is 0. The quantitative estimate of drug-likeness (QED) is 0.859. The minimum absolute atomic E-state index is 0.223. The van der Waals surface area contributed by atoms with Gasteiger partial charge in [-0.25, -0.2) is 18.4 Å². The molecule has 2 rings (SSSR count). The van der Waals surface area contributed by atoms with Gasteiger partial charge < -0.3 is 0 Å². The predicted molar refractivity (Wildman–Crippen MR) is 66.5 cm³/mol. The first-order chi connectivity index (χ1) is 8.08. The summed E-state index contributed by atoms with van der Waals surface area (Å²) in [6, 6.07) is 1.40. The number of nitrogens with one attached hydrogen (secondary N) is 1. The molecule has 94 valence electrons. The van der Waals surface area contributed by atoms with Gasteiger partial charge in [-0.1, -0.05) is 30.9 Å². The van der Waals surface area contributed by atoms with Crippen molar-refractivity contribution < 1.29 is 8.42 Å². The fourth-order valence-corrected chi connectivity index (χ4v) is 3.66. The molecule has 0 unspecified atom stereocenters. The molecule has 0 aromatic carbocycles. The van der Waals surface area contributed by atoms with E-state index in [9.17, 15) is 8.42 Å². The van der Waals surface area contributed by atoms with Crippen molar-refractivity contribution in [1.29, 1.82) is 0 Å². The van der Waals surface area contributed by atoms with Gasteiger partial charge in [-0.05, 0) is 12.8 Å². The van der Waals surface area contributed by atoms with E-state index < -0.39 is 10.0 Å². The van der Waals surface area contributed by atoms with Crippen LogP contribution in [0.25, 0.3) is 0 Å². The number of aromatic nitrogens is 2. The lowest BCUT2D eigenvalue weighted by atomic mass is 10.0. The molecule has 0 amide bonds. The van der Waals surface area contributed by atoms with Gasteiger partial charge in [0, 0.05) is 6.07 Å². The zero-order valence-electron chi connectivity index (χ0n) is 9.26. The van der Waals surface area contributed by atoms with Crippen molar-refractivity contribution in [2.75, 3.05) is 4.72 Å². The number of rotatable bonds is 3. The van der Waals surface area contributed by atoms with Crippen LogP contribution in [0.15, 0.2) is 12.4 Å². The Morgan fingerprint density at radius 3 is 2.59 bits per heavy atom. The maximum absolute atomic E-state index is 12.1. The molecule has 0 bridgehead atoms. The Labute approximate surface area is 106 Å². The third-order valence-corrected chi connectivity index (χ3v) is 4.92. The maximum atomic E-state index is 12.1. The van der Waals surface area contributed by atoms with Crippen LogP contribution in [0.3, 0.4) is 0 Å².